The van der Waals surface area contributed by atoms with Crippen LogP contribution in [0.5, 0.6) is 0 Å². The highest BCUT2D eigenvalue weighted by molar-refractivity contribution is 7.10. The zero-order chi connectivity index (χ0) is 12.0. The Kier molecular flexibility index (Phi) is 6.03. The topological polar surface area (TPSA) is 21.3 Å². The first kappa shape index (κ1) is 13.7. The Hall–Kier alpha value is -0.380. The molecule has 0 spiro atoms. The Bertz CT molecular complexity index is 271. The summed E-state index contributed by atoms with van der Waals surface area (Å²) in [6.07, 6.45) is 0. The van der Waals surface area contributed by atoms with Crippen LogP contribution in [0.25, 0.3) is 0 Å². The van der Waals surface area contributed by atoms with Crippen molar-refractivity contribution >= 4 is 11.3 Å². The molecule has 0 aliphatic heterocycles. The highest BCUT2D eigenvalue weighted by atomic mass is 32.1. The van der Waals surface area contributed by atoms with Crippen LogP contribution in [-0.4, -0.2) is 19.3 Å². The molecule has 0 radical (unpaired) electrons. The third-order valence-electron chi connectivity index (χ3n) is 2.74. The zero-order valence-electron chi connectivity index (χ0n) is 10.7. The fourth-order valence-electron chi connectivity index (χ4n) is 1.62. The average Bonchev–Trinajstić information content (AvgIpc) is 2.76. The van der Waals surface area contributed by atoms with E-state index in [0.717, 1.165) is 13.2 Å². The van der Waals surface area contributed by atoms with Crippen LogP contribution in [0.15, 0.2) is 17.5 Å². The maximum Gasteiger partial charge on any atom is 0.0622 e. The van der Waals surface area contributed by atoms with Gasteiger partial charge in [-0.15, -0.1) is 11.3 Å². The van der Waals surface area contributed by atoms with Gasteiger partial charge in [0, 0.05) is 23.6 Å². The van der Waals surface area contributed by atoms with Crippen molar-refractivity contribution in [2.45, 2.75) is 39.8 Å². The molecule has 3 heteroatoms. The summed E-state index contributed by atoms with van der Waals surface area (Å²) in [6, 6.07) is 5.12. The van der Waals surface area contributed by atoms with Gasteiger partial charge >= 0.3 is 0 Å². The number of hydrogen-bond donors (Lipinski definition) is 1. The standard InChI is InChI=1S/C13H23NOS/c1-5-15-9-12(10(2)3)14-11(4)13-7-6-8-16-13/h6-8,10-12,14H,5,9H2,1-4H3. The van der Waals surface area contributed by atoms with Crippen molar-refractivity contribution in [1.29, 1.82) is 0 Å². The van der Waals surface area contributed by atoms with Crippen molar-refractivity contribution in [2.24, 2.45) is 5.92 Å². The van der Waals surface area contributed by atoms with E-state index in [1.54, 1.807) is 11.3 Å². The maximum absolute atomic E-state index is 5.52. The Labute approximate surface area is 103 Å². The minimum absolute atomic E-state index is 0.410. The van der Waals surface area contributed by atoms with Crippen molar-refractivity contribution in [3.05, 3.63) is 22.4 Å². The van der Waals surface area contributed by atoms with Gasteiger partial charge in [-0.2, -0.15) is 0 Å². The molecule has 1 N–H and O–H groups in total. The second kappa shape index (κ2) is 7.05. The maximum atomic E-state index is 5.52. The number of hydrogen-bond acceptors (Lipinski definition) is 3. The van der Waals surface area contributed by atoms with Crippen molar-refractivity contribution in [3.8, 4) is 0 Å². The van der Waals surface area contributed by atoms with Crippen LogP contribution in [-0.2, 0) is 4.74 Å². The largest absolute Gasteiger partial charge is 0.380 e. The van der Waals surface area contributed by atoms with E-state index in [4.69, 9.17) is 4.74 Å². The van der Waals surface area contributed by atoms with E-state index in [9.17, 15) is 0 Å². The molecule has 0 bridgehead atoms. The highest BCUT2D eigenvalue weighted by Crippen LogP contribution is 2.19. The van der Waals surface area contributed by atoms with Gasteiger partial charge in [-0.1, -0.05) is 19.9 Å². The molecule has 2 nitrogen and oxygen atoms in total. The van der Waals surface area contributed by atoms with Crippen LogP contribution in [0.3, 0.4) is 0 Å². The lowest BCUT2D eigenvalue weighted by Gasteiger charge is -2.25. The molecular formula is C13H23NOS. The molecule has 1 aromatic heterocycles. The van der Waals surface area contributed by atoms with E-state index < -0.39 is 0 Å². The fourth-order valence-corrected chi connectivity index (χ4v) is 2.36. The van der Waals surface area contributed by atoms with Crippen molar-refractivity contribution in [1.82, 2.24) is 5.32 Å². The quantitative estimate of drug-likeness (QED) is 0.789. The molecule has 16 heavy (non-hydrogen) atoms. The molecule has 0 fully saturated rings. The summed E-state index contributed by atoms with van der Waals surface area (Å²) in [5, 5.41) is 5.76. The predicted molar refractivity (Wildman–Crippen MR) is 71.0 cm³/mol. The van der Waals surface area contributed by atoms with Gasteiger partial charge in [-0.05, 0) is 31.2 Å². The second-order valence-corrected chi connectivity index (χ2v) is 5.39. The highest BCUT2D eigenvalue weighted by Gasteiger charge is 2.17. The van der Waals surface area contributed by atoms with E-state index in [0.29, 0.717) is 18.0 Å². The van der Waals surface area contributed by atoms with Gasteiger partial charge in [0.15, 0.2) is 0 Å². The molecule has 0 saturated heterocycles. The molecule has 1 aromatic rings. The first-order valence-corrected chi connectivity index (χ1v) is 6.90. The minimum atomic E-state index is 0.410. The molecule has 1 heterocycles. The van der Waals surface area contributed by atoms with Gasteiger partial charge in [0.1, 0.15) is 0 Å². The Balaban J connectivity index is 2.47. The molecule has 2 unspecified atom stereocenters. The lowest BCUT2D eigenvalue weighted by atomic mass is 10.0. The predicted octanol–water partition coefficient (Wildman–Crippen LogP) is 3.46. The summed E-state index contributed by atoms with van der Waals surface area (Å²) in [7, 11) is 0. The van der Waals surface area contributed by atoms with Gasteiger partial charge in [-0.25, -0.2) is 0 Å². The van der Waals surface area contributed by atoms with Crippen LogP contribution in [0, 0.1) is 5.92 Å². The Morgan fingerprint density at radius 3 is 2.62 bits per heavy atom. The SMILES string of the molecule is CCOCC(NC(C)c1cccs1)C(C)C. The van der Waals surface area contributed by atoms with Gasteiger partial charge in [0.2, 0.25) is 0 Å². The molecule has 2 atom stereocenters. The molecule has 92 valence electrons. The van der Waals surface area contributed by atoms with Crippen LogP contribution < -0.4 is 5.32 Å². The van der Waals surface area contributed by atoms with Crippen LogP contribution in [0.2, 0.25) is 0 Å². The van der Waals surface area contributed by atoms with Gasteiger partial charge < -0.3 is 10.1 Å². The van der Waals surface area contributed by atoms with Gasteiger partial charge in [0.25, 0.3) is 0 Å². The molecule has 0 aliphatic carbocycles. The number of nitrogens with one attached hydrogen (secondary N) is 1. The molecule has 0 aliphatic rings. The lowest BCUT2D eigenvalue weighted by Crippen LogP contribution is -2.39. The fraction of sp³-hybridized carbons (Fsp3) is 0.692. The van der Waals surface area contributed by atoms with Crippen LogP contribution in [0.4, 0.5) is 0 Å². The van der Waals surface area contributed by atoms with E-state index in [-0.39, 0.29) is 0 Å². The monoisotopic (exact) mass is 241 g/mol. The average molecular weight is 241 g/mol. The summed E-state index contributed by atoms with van der Waals surface area (Å²) < 4.78 is 5.52. The minimum Gasteiger partial charge on any atom is -0.380 e. The lowest BCUT2D eigenvalue weighted by molar-refractivity contribution is 0.104. The van der Waals surface area contributed by atoms with Crippen LogP contribution in [0.1, 0.15) is 38.6 Å². The first-order valence-electron chi connectivity index (χ1n) is 6.02. The van der Waals surface area contributed by atoms with E-state index in [1.165, 1.54) is 4.88 Å². The van der Waals surface area contributed by atoms with Crippen molar-refractivity contribution < 1.29 is 4.74 Å². The van der Waals surface area contributed by atoms with E-state index >= 15 is 0 Å². The normalized spacial score (nSPS) is 15.3. The summed E-state index contributed by atoms with van der Waals surface area (Å²) in [5.41, 5.74) is 0. The first-order chi connectivity index (χ1) is 7.65. The molecular weight excluding hydrogens is 218 g/mol. The molecule has 0 amide bonds. The molecule has 0 saturated carbocycles. The van der Waals surface area contributed by atoms with Gasteiger partial charge in [0.05, 0.1) is 6.61 Å². The van der Waals surface area contributed by atoms with E-state index in [2.05, 4.69) is 43.6 Å². The molecule has 0 aromatic carbocycles. The summed E-state index contributed by atoms with van der Waals surface area (Å²) in [5.74, 6) is 0.592. The Morgan fingerprint density at radius 1 is 1.38 bits per heavy atom. The number of ether oxygens (including phenoxy) is 1. The Morgan fingerprint density at radius 2 is 2.12 bits per heavy atom. The second-order valence-electron chi connectivity index (χ2n) is 4.41. The van der Waals surface area contributed by atoms with Crippen molar-refractivity contribution in [3.63, 3.8) is 0 Å². The summed E-state index contributed by atoms with van der Waals surface area (Å²) in [6.45, 7) is 10.3. The number of thiophene rings is 1. The van der Waals surface area contributed by atoms with Crippen LogP contribution >= 0.6 is 11.3 Å². The van der Waals surface area contributed by atoms with E-state index in [1.807, 2.05) is 6.92 Å². The third-order valence-corrected chi connectivity index (χ3v) is 3.80. The smallest absolute Gasteiger partial charge is 0.0622 e. The van der Waals surface area contributed by atoms with Crippen molar-refractivity contribution in [2.75, 3.05) is 13.2 Å². The summed E-state index contributed by atoms with van der Waals surface area (Å²) in [4.78, 5) is 1.39. The zero-order valence-corrected chi connectivity index (χ0v) is 11.5. The van der Waals surface area contributed by atoms with Gasteiger partial charge in [-0.3, -0.25) is 0 Å². The number of rotatable bonds is 7. The third kappa shape index (κ3) is 4.24. The summed E-state index contributed by atoms with van der Waals surface area (Å²) >= 11 is 1.81. The molecule has 1 rings (SSSR count).